The largest absolute Gasteiger partial charge is 0.456 e. The quantitative estimate of drug-likeness (QED) is 0.415. The summed E-state index contributed by atoms with van der Waals surface area (Å²) in [4.78, 5) is 31.0. The Kier molecular flexibility index (Phi) is 4.15. The second-order valence-electron chi connectivity index (χ2n) is 5.12. The summed E-state index contributed by atoms with van der Waals surface area (Å²) < 4.78 is 5.23. The normalized spacial score (nSPS) is 10.5. The molecule has 1 heterocycles. The zero-order valence-electron chi connectivity index (χ0n) is 12.8. The maximum Gasteiger partial charge on any atom is 0.338 e. The van der Waals surface area contributed by atoms with Crippen LogP contribution >= 0.6 is 0 Å². The molecule has 0 spiro atoms. The molecule has 0 aliphatic carbocycles. The van der Waals surface area contributed by atoms with Crippen molar-refractivity contribution in [2.24, 2.45) is 0 Å². The Bertz CT molecular complexity index is 923. The number of rotatable bonds is 4. The van der Waals surface area contributed by atoms with Crippen molar-refractivity contribution in [3.63, 3.8) is 0 Å². The van der Waals surface area contributed by atoms with Crippen LogP contribution < -0.4 is 0 Å². The molecule has 2 aromatic carbocycles. The molecule has 0 bridgehead atoms. The number of non-ortho nitro benzene ring substituents is 1. The molecule has 0 aliphatic heterocycles. The van der Waals surface area contributed by atoms with Crippen LogP contribution in [-0.4, -0.2) is 20.9 Å². The lowest BCUT2D eigenvalue weighted by Gasteiger charge is -2.08. The lowest BCUT2D eigenvalue weighted by atomic mass is 10.2. The van der Waals surface area contributed by atoms with Crippen LogP contribution in [0, 0.1) is 17.0 Å². The van der Waals surface area contributed by atoms with Gasteiger partial charge >= 0.3 is 5.97 Å². The van der Waals surface area contributed by atoms with E-state index in [1.165, 1.54) is 24.3 Å². The molecule has 0 amide bonds. The van der Waals surface area contributed by atoms with E-state index in [1.54, 1.807) is 6.92 Å². The predicted octanol–water partition coefficient (Wildman–Crippen LogP) is 3.20. The lowest BCUT2D eigenvalue weighted by molar-refractivity contribution is -0.384. The van der Waals surface area contributed by atoms with Gasteiger partial charge in [0.25, 0.3) is 5.69 Å². The van der Waals surface area contributed by atoms with Crippen LogP contribution in [0.4, 0.5) is 5.69 Å². The molecule has 24 heavy (non-hydrogen) atoms. The van der Waals surface area contributed by atoms with Gasteiger partial charge in [0, 0.05) is 12.1 Å². The third kappa shape index (κ3) is 3.19. The van der Waals surface area contributed by atoms with Crippen molar-refractivity contribution >= 4 is 22.7 Å². The van der Waals surface area contributed by atoms with E-state index >= 15 is 0 Å². The Labute approximate surface area is 137 Å². The number of para-hydroxylation sites is 2. The van der Waals surface area contributed by atoms with Crippen molar-refractivity contribution in [2.45, 2.75) is 13.5 Å². The minimum absolute atomic E-state index is 0.0144. The summed E-state index contributed by atoms with van der Waals surface area (Å²) in [5, 5.41) is 10.6. The van der Waals surface area contributed by atoms with Crippen molar-refractivity contribution in [1.82, 2.24) is 9.97 Å². The van der Waals surface area contributed by atoms with Crippen molar-refractivity contribution in [3.05, 3.63) is 75.6 Å². The minimum atomic E-state index is -0.570. The van der Waals surface area contributed by atoms with E-state index in [4.69, 9.17) is 4.74 Å². The van der Waals surface area contributed by atoms with E-state index in [0.717, 1.165) is 11.0 Å². The number of ether oxygens (including phenoxy) is 1. The molecule has 0 N–H and O–H groups in total. The standard InChI is InChI=1S/C17H13N3O4/c1-11-16(19-15-5-3-2-4-14(15)18-11)10-24-17(21)12-6-8-13(9-7-12)20(22)23/h2-9H,10H2,1H3. The molecule has 0 atom stereocenters. The van der Waals surface area contributed by atoms with E-state index in [2.05, 4.69) is 9.97 Å². The third-order valence-electron chi connectivity index (χ3n) is 3.50. The molecule has 7 nitrogen and oxygen atoms in total. The van der Waals surface area contributed by atoms with Gasteiger partial charge in [0.2, 0.25) is 0 Å². The molecule has 0 radical (unpaired) electrons. The fraction of sp³-hybridized carbons (Fsp3) is 0.118. The van der Waals surface area contributed by atoms with Gasteiger partial charge in [-0.1, -0.05) is 12.1 Å². The fourth-order valence-corrected chi connectivity index (χ4v) is 2.20. The zero-order valence-corrected chi connectivity index (χ0v) is 12.8. The zero-order chi connectivity index (χ0) is 17.1. The smallest absolute Gasteiger partial charge is 0.338 e. The first-order chi connectivity index (χ1) is 11.5. The van der Waals surface area contributed by atoms with Gasteiger partial charge in [0.1, 0.15) is 6.61 Å². The number of hydrogen-bond donors (Lipinski definition) is 0. The molecular formula is C17H13N3O4. The number of carbonyl (C=O) groups excluding carboxylic acids is 1. The number of aromatic nitrogens is 2. The van der Waals surface area contributed by atoms with Gasteiger partial charge in [-0.15, -0.1) is 0 Å². The van der Waals surface area contributed by atoms with Crippen molar-refractivity contribution in [1.29, 1.82) is 0 Å². The second-order valence-corrected chi connectivity index (χ2v) is 5.12. The molecular weight excluding hydrogens is 310 g/mol. The van der Waals surface area contributed by atoms with Gasteiger partial charge in [0.15, 0.2) is 0 Å². The Morgan fingerprint density at radius 2 is 1.71 bits per heavy atom. The number of carbonyl (C=O) groups is 1. The van der Waals surface area contributed by atoms with Crippen LogP contribution in [0.25, 0.3) is 11.0 Å². The number of hydrogen-bond acceptors (Lipinski definition) is 6. The van der Waals surface area contributed by atoms with Crippen molar-refractivity contribution < 1.29 is 14.5 Å². The van der Waals surface area contributed by atoms with Crippen LogP contribution in [-0.2, 0) is 11.3 Å². The predicted molar refractivity (Wildman–Crippen MR) is 86.5 cm³/mol. The summed E-state index contributed by atoms with van der Waals surface area (Å²) in [5.74, 6) is -0.570. The number of nitro groups is 1. The summed E-state index contributed by atoms with van der Waals surface area (Å²) >= 11 is 0. The molecule has 1 aromatic heterocycles. The Morgan fingerprint density at radius 1 is 1.08 bits per heavy atom. The number of esters is 1. The highest BCUT2D eigenvalue weighted by Gasteiger charge is 2.12. The van der Waals surface area contributed by atoms with E-state index < -0.39 is 10.9 Å². The lowest BCUT2D eigenvalue weighted by Crippen LogP contribution is -2.08. The highest BCUT2D eigenvalue weighted by atomic mass is 16.6. The average molecular weight is 323 g/mol. The highest BCUT2D eigenvalue weighted by Crippen LogP contribution is 2.15. The first kappa shape index (κ1) is 15.5. The Balaban J connectivity index is 1.74. The molecule has 3 aromatic rings. The van der Waals surface area contributed by atoms with Crippen LogP contribution in [0.3, 0.4) is 0 Å². The summed E-state index contributed by atoms with van der Waals surface area (Å²) in [5.41, 5.74) is 2.92. The number of aryl methyl sites for hydroxylation is 1. The summed E-state index contributed by atoms with van der Waals surface area (Å²) in [6, 6.07) is 12.7. The first-order valence-corrected chi connectivity index (χ1v) is 7.18. The highest BCUT2D eigenvalue weighted by molar-refractivity contribution is 5.89. The summed E-state index contributed by atoms with van der Waals surface area (Å²) in [6.07, 6.45) is 0. The monoisotopic (exact) mass is 323 g/mol. The van der Waals surface area contributed by atoms with Gasteiger partial charge in [-0.3, -0.25) is 10.1 Å². The minimum Gasteiger partial charge on any atom is -0.456 e. The molecule has 3 rings (SSSR count). The maximum atomic E-state index is 12.0. The Hall–Kier alpha value is -3.35. The third-order valence-corrected chi connectivity index (χ3v) is 3.50. The first-order valence-electron chi connectivity index (χ1n) is 7.18. The maximum absolute atomic E-state index is 12.0. The van der Waals surface area contributed by atoms with E-state index in [0.29, 0.717) is 11.4 Å². The van der Waals surface area contributed by atoms with Crippen molar-refractivity contribution in [3.8, 4) is 0 Å². The van der Waals surface area contributed by atoms with Crippen LogP contribution in [0.5, 0.6) is 0 Å². The fourth-order valence-electron chi connectivity index (χ4n) is 2.20. The Morgan fingerprint density at radius 3 is 2.33 bits per heavy atom. The van der Waals surface area contributed by atoms with Crippen molar-refractivity contribution in [2.75, 3.05) is 0 Å². The molecule has 7 heteroatoms. The van der Waals surface area contributed by atoms with E-state index in [-0.39, 0.29) is 17.9 Å². The van der Waals surface area contributed by atoms with Gasteiger partial charge in [-0.2, -0.15) is 0 Å². The van der Waals surface area contributed by atoms with Gasteiger partial charge < -0.3 is 4.74 Å². The average Bonchev–Trinajstić information content (AvgIpc) is 2.59. The van der Waals surface area contributed by atoms with Crippen LogP contribution in [0.15, 0.2) is 48.5 Å². The molecule has 0 saturated carbocycles. The van der Waals surface area contributed by atoms with Gasteiger partial charge in [-0.05, 0) is 31.2 Å². The number of benzene rings is 2. The second kappa shape index (κ2) is 6.41. The summed E-state index contributed by atoms with van der Waals surface area (Å²) in [7, 11) is 0. The SMILES string of the molecule is Cc1nc2ccccc2nc1COC(=O)c1ccc([N+](=O)[O-])cc1. The molecule has 0 aliphatic rings. The van der Waals surface area contributed by atoms with E-state index in [9.17, 15) is 14.9 Å². The number of fused-ring (bicyclic) bond motifs is 1. The van der Waals surface area contributed by atoms with Crippen LogP contribution in [0.2, 0.25) is 0 Å². The van der Waals surface area contributed by atoms with Gasteiger partial charge in [0.05, 0.1) is 32.9 Å². The molecule has 0 unspecified atom stereocenters. The molecule has 120 valence electrons. The van der Waals surface area contributed by atoms with Gasteiger partial charge in [-0.25, -0.2) is 14.8 Å². The molecule has 0 fully saturated rings. The number of nitrogens with zero attached hydrogens (tertiary/aromatic N) is 3. The van der Waals surface area contributed by atoms with Crippen LogP contribution in [0.1, 0.15) is 21.7 Å². The topological polar surface area (TPSA) is 95.2 Å². The number of nitro benzene ring substituents is 1. The summed E-state index contributed by atoms with van der Waals surface area (Å²) in [6.45, 7) is 1.79. The van der Waals surface area contributed by atoms with E-state index in [1.807, 2.05) is 24.3 Å². The molecule has 0 saturated heterocycles.